The van der Waals surface area contributed by atoms with Crippen LogP contribution < -0.4 is 4.90 Å². The summed E-state index contributed by atoms with van der Waals surface area (Å²) in [6.45, 7) is 5.26. The third kappa shape index (κ3) is 3.69. The van der Waals surface area contributed by atoms with Gasteiger partial charge in [0.1, 0.15) is 5.82 Å². The first-order valence-corrected chi connectivity index (χ1v) is 8.51. The smallest absolute Gasteiger partial charge is 0.254 e. The summed E-state index contributed by atoms with van der Waals surface area (Å²) in [5, 5.41) is 0. The monoisotopic (exact) mass is 374 g/mol. The number of carbonyl (C=O) groups excluding carboxylic acids is 1. The Hall–Kier alpha value is -1.95. The van der Waals surface area contributed by atoms with Crippen LogP contribution in [0.1, 0.15) is 22.3 Å². The first kappa shape index (κ1) is 15.9. The summed E-state index contributed by atoms with van der Waals surface area (Å²) in [5.74, 6) is 1.08. The third-order valence-electron chi connectivity index (χ3n) is 4.03. The van der Waals surface area contributed by atoms with Crippen LogP contribution in [0.25, 0.3) is 0 Å². The summed E-state index contributed by atoms with van der Waals surface area (Å²) in [5.41, 5.74) is 1.85. The number of pyridine rings is 2. The standard InChI is InChI=1S/C17H19BrN4O/c1-13-11-15(18)12-20-16(13)21-7-2-8-22(10-9-21)17(23)14-3-5-19-6-4-14/h3-6,11-12H,2,7-10H2,1H3. The highest BCUT2D eigenvalue weighted by Crippen LogP contribution is 2.22. The van der Waals surface area contributed by atoms with Crippen molar-refractivity contribution in [3.8, 4) is 0 Å². The summed E-state index contributed by atoms with van der Waals surface area (Å²) >= 11 is 3.45. The summed E-state index contributed by atoms with van der Waals surface area (Å²) in [7, 11) is 0. The first-order chi connectivity index (χ1) is 11.1. The molecule has 1 fully saturated rings. The number of rotatable bonds is 2. The van der Waals surface area contributed by atoms with Gasteiger partial charge >= 0.3 is 0 Å². The van der Waals surface area contributed by atoms with Gasteiger partial charge in [0.2, 0.25) is 0 Å². The number of aryl methyl sites for hydroxylation is 1. The molecule has 2 aromatic heterocycles. The Balaban J connectivity index is 1.71. The molecule has 120 valence electrons. The topological polar surface area (TPSA) is 49.3 Å². The largest absolute Gasteiger partial charge is 0.355 e. The Morgan fingerprint density at radius 2 is 1.96 bits per heavy atom. The van der Waals surface area contributed by atoms with Crippen molar-refractivity contribution in [1.29, 1.82) is 0 Å². The summed E-state index contributed by atoms with van der Waals surface area (Å²) < 4.78 is 0.989. The lowest BCUT2D eigenvalue weighted by atomic mass is 10.2. The van der Waals surface area contributed by atoms with Gasteiger partial charge in [0.15, 0.2) is 0 Å². The number of hydrogen-bond acceptors (Lipinski definition) is 4. The molecule has 3 rings (SSSR count). The molecule has 0 saturated carbocycles. The van der Waals surface area contributed by atoms with Gasteiger partial charge in [-0.2, -0.15) is 0 Å². The van der Waals surface area contributed by atoms with E-state index in [-0.39, 0.29) is 5.91 Å². The normalized spacial score (nSPS) is 15.4. The van der Waals surface area contributed by atoms with E-state index in [2.05, 4.69) is 43.8 Å². The second-order valence-electron chi connectivity index (χ2n) is 5.66. The van der Waals surface area contributed by atoms with Crippen LogP contribution in [0.2, 0.25) is 0 Å². The highest BCUT2D eigenvalue weighted by Gasteiger charge is 2.21. The Kier molecular flexibility index (Phi) is 4.91. The molecule has 0 aliphatic carbocycles. The van der Waals surface area contributed by atoms with E-state index in [0.717, 1.165) is 41.9 Å². The SMILES string of the molecule is Cc1cc(Br)cnc1N1CCCN(C(=O)c2ccncc2)CC1. The van der Waals surface area contributed by atoms with Crippen LogP contribution in [0.4, 0.5) is 5.82 Å². The van der Waals surface area contributed by atoms with Gasteiger partial charge < -0.3 is 9.80 Å². The highest BCUT2D eigenvalue weighted by molar-refractivity contribution is 9.10. The Morgan fingerprint density at radius 3 is 2.70 bits per heavy atom. The fraction of sp³-hybridized carbons (Fsp3) is 0.353. The quantitative estimate of drug-likeness (QED) is 0.810. The van der Waals surface area contributed by atoms with Crippen molar-refractivity contribution in [3.63, 3.8) is 0 Å². The molecule has 1 aliphatic heterocycles. The molecule has 0 radical (unpaired) electrons. The van der Waals surface area contributed by atoms with Crippen LogP contribution >= 0.6 is 15.9 Å². The fourth-order valence-corrected chi connectivity index (χ4v) is 3.32. The van der Waals surface area contributed by atoms with Crippen molar-refractivity contribution in [3.05, 3.63) is 52.4 Å². The summed E-state index contributed by atoms with van der Waals surface area (Å²) in [6.07, 6.45) is 6.08. The van der Waals surface area contributed by atoms with Gasteiger partial charge in [-0.15, -0.1) is 0 Å². The van der Waals surface area contributed by atoms with Gasteiger partial charge in [-0.25, -0.2) is 4.98 Å². The molecule has 0 unspecified atom stereocenters. The van der Waals surface area contributed by atoms with Gasteiger partial charge in [-0.1, -0.05) is 0 Å². The molecule has 1 amide bonds. The lowest BCUT2D eigenvalue weighted by Gasteiger charge is -2.24. The molecule has 0 N–H and O–H groups in total. The van der Waals surface area contributed by atoms with Crippen LogP contribution in [0, 0.1) is 6.92 Å². The molecule has 0 bridgehead atoms. The molecule has 1 saturated heterocycles. The second kappa shape index (κ2) is 7.08. The number of anilines is 1. The molecule has 0 atom stereocenters. The molecule has 0 aromatic carbocycles. The van der Waals surface area contributed by atoms with E-state index >= 15 is 0 Å². The minimum atomic E-state index is 0.0785. The zero-order valence-electron chi connectivity index (χ0n) is 13.1. The van der Waals surface area contributed by atoms with Gasteiger partial charge in [0.25, 0.3) is 5.91 Å². The lowest BCUT2D eigenvalue weighted by Crippen LogP contribution is -2.35. The van der Waals surface area contributed by atoms with Gasteiger partial charge in [-0.3, -0.25) is 9.78 Å². The number of hydrogen-bond donors (Lipinski definition) is 0. The molecular formula is C17H19BrN4O. The number of nitrogens with zero attached hydrogens (tertiary/aromatic N) is 4. The molecule has 6 heteroatoms. The maximum absolute atomic E-state index is 12.6. The van der Waals surface area contributed by atoms with Crippen molar-refractivity contribution in [2.24, 2.45) is 0 Å². The third-order valence-corrected chi connectivity index (χ3v) is 4.46. The molecule has 3 heterocycles. The van der Waals surface area contributed by atoms with Crippen molar-refractivity contribution in [2.75, 3.05) is 31.1 Å². The summed E-state index contributed by atoms with van der Waals surface area (Å²) in [6, 6.07) is 5.62. The average molecular weight is 375 g/mol. The predicted molar refractivity (Wildman–Crippen MR) is 93.6 cm³/mol. The van der Waals surface area contributed by atoms with E-state index in [4.69, 9.17) is 0 Å². The van der Waals surface area contributed by atoms with Crippen LogP contribution in [-0.2, 0) is 0 Å². The van der Waals surface area contributed by atoms with Crippen LogP contribution in [0.5, 0.6) is 0 Å². The van der Waals surface area contributed by atoms with Gasteiger partial charge in [0.05, 0.1) is 0 Å². The van der Waals surface area contributed by atoms with E-state index in [1.165, 1.54) is 0 Å². The van der Waals surface area contributed by atoms with E-state index in [1.807, 2.05) is 11.1 Å². The molecule has 2 aromatic rings. The molecule has 0 spiro atoms. The minimum Gasteiger partial charge on any atom is -0.355 e. The average Bonchev–Trinajstić information content (AvgIpc) is 2.81. The second-order valence-corrected chi connectivity index (χ2v) is 6.58. The van der Waals surface area contributed by atoms with Crippen molar-refractivity contribution >= 4 is 27.7 Å². The number of halogens is 1. The lowest BCUT2D eigenvalue weighted by molar-refractivity contribution is 0.0767. The minimum absolute atomic E-state index is 0.0785. The molecule has 1 aliphatic rings. The van der Waals surface area contributed by atoms with Gasteiger partial charge in [0, 0.05) is 54.8 Å². The molecule has 5 nitrogen and oxygen atoms in total. The number of amides is 1. The van der Waals surface area contributed by atoms with Crippen molar-refractivity contribution in [1.82, 2.24) is 14.9 Å². The zero-order valence-corrected chi connectivity index (χ0v) is 14.7. The van der Waals surface area contributed by atoms with Gasteiger partial charge in [-0.05, 0) is 53.0 Å². The predicted octanol–water partition coefficient (Wildman–Crippen LogP) is 2.90. The van der Waals surface area contributed by atoms with E-state index in [0.29, 0.717) is 12.1 Å². The van der Waals surface area contributed by atoms with Crippen molar-refractivity contribution in [2.45, 2.75) is 13.3 Å². The van der Waals surface area contributed by atoms with Crippen LogP contribution in [0.15, 0.2) is 41.3 Å². The van der Waals surface area contributed by atoms with Crippen molar-refractivity contribution < 1.29 is 4.79 Å². The Bertz CT molecular complexity index is 692. The first-order valence-electron chi connectivity index (χ1n) is 7.71. The zero-order chi connectivity index (χ0) is 16.2. The molecular weight excluding hydrogens is 356 g/mol. The van der Waals surface area contributed by atoms with Crippen LogP contribution in [-0.4, -0.2) is 47.0 Å². The maximum atomic E-state index is 12.6. The maximum Gasteiger partial charge on any atom is 0.254 e. The van der Waals surface area contributed by atoms with E-state index in [9.17, 15) is 4.79 Å². The van der Waals surface area contributed by atoms with E-state index in [1.54, 1.807) is 24.5 Å². The molecule has 23 heavy (non-hydrogen) atoms. The fourth-order valence-electron chi connectivity index (χ4n) is 2.87. The number of aromatic nitrogens is 2. The Labute approximate surface area is 144 Å². The van der Waals surface area contributed by atoms with E-state index < -0.39 is 0 Å². The summed E-state index contributed by atoms with van der Waals surface area (Å²) in [4.78, 5) is 25.3. The highest BCUT2D eigenvalue weighted by atomic mass is 79.9. The van der Waals surface area contributed by atoms with Crippen LogP contribution in [0.3, 0.4) is 0 Å². The number of carbonyl (C=O) groups is 1. The Morgan fingerprint density at radius 1 is 1.17 bits per heavy atom.